The van der Waals surface area contributed by atoms with Crippen molar-refractivity contribution in [1.29, 1.82) is 0 Å². The number of morpholine rings is 1. The SMILES string of the molecule is CC(C)N1CC2(CCN(CCc3ccccc3)CC2)O[C@H](C)C1=O. The molecule has 4 nitrogen and oxygen atoms in total. The fraction of sp³-hybridized carbons (Fsp3) is 0.650. The molecular weight excluding hydrogens is 300 g/mol. The summed E-state index contributed by atoms with van der Waals surface area (Å²) in [6.07, 6.45) is 2.82. The Labute approximate surface area is 145 Å². The lowest BCUT2D eigenvalue weighted by atomic mass is 9.88. The predicted octanol–water partition coefficient (Wildman–Crippen LogP) is 2.72. The number of piperidine rings is 1. The fourth-order valence-corrected chi connectivity index (χ4v) is 3.91. The summed E-state index contributed by atoms with van der Waals surface area (Å²) < 4.78 is 6.20. The first-order chi connectivity index (χ1) is 11.5. The topological polar surface area (TPSA) is 32.8 Å². The van der Waals surface area contributed by atoms with E-state index in [4.69, 9.17) is 4.74 Å². The van der Waals surface area contributed by atoms with Crippen LogP contribution in [0.25, 0.3) is 0 Å². The molecule has 132 valence electrons. The van der Waals surface area contributed by atoms with Crippen molar-refractivity contribution in [1.82, 2.24) is 9.80 Å². The summed E-state index contributed by atoms with van der Waals surface area (Å²) in [5, 5.41) is 0. The Morgan fingerprint density at radius 3 is 2.50 bits per heavy atom. The number of carbonyl (C=O) groups excluding carboxylic acids is 1. The second-order valence-electron chi connectivity index (χ2n) is 7.58. The first-order valence-corrected chi connectivity index (χ1v) is 9.24. The number of ether oxygens (including phenoxy) is 1. The molecule has 0 N–H and O–H groups in total. The van der Waals surface area contributed by atoms with Gasteiger partial charge in [0.05, 0.1) is 12.1 Å². The standard InChI is InChI=1S/C20H30N2O2/c1-16(2)22-15-20(24-17(3)19(22)23)10-13-21(14-11-20)12-9-18-7-5-4-6-8-18/h4-8,16-17H,9-15H2,1-3H3/t17-/m1/s1. The van der Waals surface area contributed by atoms with Crippen LogP contribution in [-0.4, -0.2) is 59.6 Å². The van der Waals surface area contributed by atoms with Crippen molar-refractivity contribution in [2.45, 2.75) is 57.8 Å². The third kappa shape index (κ3) is 3.81. The number of nitrogens with zero attached hydrogens (tertiary/aromatic N) is 2. The Hall–Kier alpha value is -1.39. The number of rotatable bonds is 4. The van der Waals surface area contributed by atoms with Crippen LogP contribution in [0.2, 0.25) is 0 Å². The Kier molecular flexibility index (Phi) is 5.26. The molecule has 0 saturated carbocycles. The normalized spacial score (nSPS) is 24.8. The second kappa shape index (κ2) is 7.24. The minimum atomic E-state index is -0.308. The molecule has 2 fully saturated rings. The maximum absolute atomic E-state index is 12.3. The summed E-state index contributed by atoms with van der Waals surface area (Å²) in [4.78, 5) is 16.8. The molecule has 1 spiro atoms. The molecule has 2 saturated heterocycles. The van der Waals surface area contributed by atoms with E-state index in [-0.39, 0.29) is 23.7 Å². The molecule has 4 heteroatoms. The molecule has 0 aromatic heterocycles. The molecule has 1 atom stereocenters. The monoisotopic (exact) mass is 330 g/mol. The molecule has 1 aromatic rings. The molecule has 0 bridgehead atoms. The van der Waals surface area contributed by atoms with Crippen molar-refractivity contribution in [2.24, 2.45) is 0 Å². The minimum absolute atomic E-state index is 0.138. The van der Waals surface area contributed by atoms with Gasteiger partial charge in [-0.15, -0.1) is 0 Å². The minimum Gasteiger partial charge on any atom is -0.360 e. The Balaban J connectivity index is 1.55. The van der Waals surface area contributed by atoms with Gasteiger partial charge in [0.15, 0.2) is 0 Å². The summed E-state index contributed by atoms with van der Waals surface area (Å²) in [6.45, 7) is 10.1. The molecule has 2 heterocycles. The van der Waals surface area contributed by atoms with E-state index in [1.54, 1.807) is 0 Å². The van der Waals surface area contributed by atoms with Gasteiger partial charge in [-0.2, -0.15) is 0 Å². The average molecular weight is 330 g/mol. The highest BCUT2D eigenvalue weighted by molar-refractivity contribution is 5.81. The number of amides is 1. The van der Waals surface area contributed by atoms with Gasteiger partial charge in [-0.05, 0) is 45.6 Å². The number of hydrogen-bond donors (Lipinski definition) is 0. The van der Waals surface area contributed by atoms with Gasteiger partial charge in [-0.1, -0.05) is 30.3 Å². The maximum Gasteiger partial charge on any atom is 0.251 e. The summed E-state index contributed by atoms with van der Waals surface area (Å²) >= 11 is 0. The van der Waals surface area contributed by atoms with Crippen LogP contribution in [0.4, 0.5) is 0 Å². The summed E-state index contributed by atoms with van der Waals surface area (Å²) in [5.74, 6) is 0.141. The van der Waals surface area contributed by atoms with Crippen molar-refractivity contribution in [3.8, 4) is 0 Å². The van der Waals surface area contributed by atoms with Crippen LogP contribution in [0.3, 0.4) is 0 Å². The van der Waals surface area contributed by atoms with E-state index in [1.165, 1.54) is 5.56 Å². The molecule has 2 aliphatic rings. The zero-order valence-corrected chi connectivity index (χ0v) is 15.2. The van der Waals surface area contributed by atoms with E-state index in [9.17, 15) is 4.79 Å². The Bertz CT molecular complexity index is 550. The number of benzene rings is 1. The lowest BCUT2D eigenvalue weighted by Crippen LogP contribution is -2.62. The Morgan fingerprint density at radius 2 is 1.88 bits per heavy atom. The van der Waals surface area contributed by atoms with Crippen molar-refractivity contribution in [3.63, 3.8) is 0 Å². The fourth-order valence-electron chi connectivity index (χ4n) is 3.91. The zero-order chi connectivity index (χ0) is 17.2. The molecule has 3 rings (SSSR count). The highest BCUT2D eigenvalue weighted by Crippen LogP contribution is 2.33. The first kappa shape index (κ1) is 17.4. The third-order valence-electron chi connectivity index (χ3n) is 5.47. The smallest absolute Gasteiger partial charge is 0.251 e. The van der Waals surface area contributed by atoms with E-state index < -0.39 is 0 Å². The Morgan fingerprint density at radius 1 is 1.21 bits per heavy atom. The van der Waals surface area contributed by atoms with Crippen LogP contribution in [0.1, 0.15) is 39.2 Å². The number of hydrogen-bond acceptors (Lipinski definition) is 3. The third-order valence-corrected chi connectivity index (χ3v) is 5.47. The van der Waals surface area contributed by atoms with Crippen molar-refractivity contribution < 1.29 is 9.53 Å². The molecule has 0 unspecified atom stereocenters. The zero-order valence-electron chi connectivity index (χ0n) is 15.2. The molecule has 24 heavy (non-hydrogen) atoms. The van der Waals surface area contributed by atoms with Crippen molar-refractivity contribution in [2.75, 3.05) is 26.2 Å². The molecule has 0 aliphatic carbocycles. The van der Waals surface area contributed by atoms with Crippen LogP contribution < -0.4 is 0 Å². The van der Waals surface area contributed by atoms with Gasteiger partial charge in [0, 0.05) is 25.7 Å². The summed E-state index contributed by atoms with van der Waals surface area (Å²) in [7, 11) is 0. The second-order valence-corrected chi connectivity index (χ2v) is 7.58. The van der Waals surface area contributed by atoms with Crippen molar-refractivity contribution >= 4 is 5.91 Å². The van der Waals surface area contributed by atoms with Gasteiger partial charge in [0.2, 0.25) is 0 Å². The van der Waals surface area contributed by atoms with E-state index >= 15 is 0 Å². The first-order valence-electron chi connectivity index (χ1n) is 9.24. The summed E-state index contributed by atoms with van der Waals surface area (Å²) in [5.41, 5.74) is 1.26. The molecular formula is C20H30N2O2. The van der Waals surface area contributed by atoms with Gasteiger partial charge in [-0.25, -0.2) is 0 Å². The maximum atomic E-state index is 12.3. The lowest BCUT2D eigenvalue weighted by molar-refractivity contribution is -0.192. The number of likely N-dealkylation sites (tertiary alicyclic amines) is 1. The van der Waals surface area contributed by atoms with E-state index in [2.05, 4.69) is 49.1 Å². The quantitative estimate of drug-likeness (QED) is 0.851. The molecule has 2 aliphatic heterocycles. The van der Waals surface area contributed by atoms with Gasteiger partial charge < -0.3 is 14.5 Å². The average Bonchev–Trinajstić information content (AvgIpc) is 2.58. The van der Waals surface area contributed by atoms with Gasteiger partial charge >= 0.3 is 0 Å². The molecule has 0 radical (unpaired) electrons. The highest BCUT2D eigenvalue weighted by Gasteiger charge is 2.45. The van der Waals surface area contributed by atoms with E-state index in [0.717, 1.165) is 45.4 Å². The predicted molar refractivity (Wildman–Crippen MR) is 95.9 cm³/mol. The molecule has 1 amide bonds. The number of carbonyl (C=O) groups is 1. The lowest BCUT2D eigenvalue weighted by Gasteiger charge is -2.50. The highest BCUT2D eigenvalue weighted by atomic mass is 16.5. The van der Waals surface area contributed by atoms with Crippen molar-refractivity contribution in [3.05, 3.63) is 35.9 Å². The molecule has 1 aromatic carbocycles. The van der Waals surface area contributed by atoms with Crippen LogP contribution in [0.15, 0.2) is 30.3 Å². The van der Waals surface area contributed by atoms with E-state index in [1.807, 2.05) is 11.8 Å². The van der Waals surface area contributed by atoms with Crippen LogP contribution in [0.5, 0.6) is 0 Å². The van der Waals surface area contributed by atoms with Gasteiger partial charge in [0.25, 0.3) is 5.91 Å². The summed E-state index contributed by atoms with van der Waals surface area (Å²) in [6, 6.07) is 10.9. The van der Waals surface area contributed by atoms with Crippen LogP contribution in [0, 0.1) is 0 Å². The van der Waals surface area contributed by atoms with Crippen LogP contribution in [-0.2, 0) is 16.0 Å². The van der Waals surface area contributed by atoms with E-state index in [0.29, 0.717) is 0 Å². The van der Waals surface area contributed by atoms with Crippen LogP contribution >= 0.6 is 0 Å². The largest absolute Gasteiger partial charge is 0.360 e. The van der Waals surface area contributed by atoms with Gasteiger partial charge in [0.1, 0.15) is 6.10 Å². The van der Waals surface area contributed by atoms with Gasteiger partial charge in [-0.3, -0.25) is 4.79 Å².